The zero-order chi connectivity index (χ0) is 19.0. The highest BCUT2D eigenvalue weighted by Crippen LogP contribution is 2.10. The number of esters is 1. The molecule has 2 rings (SSSR count). The van der Waals surface area contributed by atoms with Gasteiger partial charge in [-0.2, -0.15) is 0 Å². The van der Waals surface area contributed by atoms with Crippen LogP contribution < -0.4 is 5.32 Å². The van der Waals surface area contributed by atoms with Gasteiger partial charge in [-0.15, -0.1) is 0 Å². The van der Waals surface area contributed by atoms with Gasteiger partial charge in [0.2, 0.25) is 0 Å². The van der Waals surface area contributed by atoms with Crippen LogP contribution in [0.4, 0.5) is 4.79 Å². The fourth-order valence-electron chi connectivity index (χ4n) is 2.32. The number of carbonyl (C=O) groups excluding carboxylic acids is 2. The molecule has 0 bridgehead atoms. The maximum Gasteiger partial charge on any atom is 0.408 e. The van der Waals surface area contributed by atoms with E-state index in [1.165, 1.54) is 0 Å². The van der Waals surface area contributed by atoms with Crippen LogP contribution in [-0.4, -0.2) is 23.7 Å². The normalized spacial score (nSPS) is 12.1. The molecule has 0 heterocycles. The lowest BCUT2D eigenvalue weighted by Gasteiger charge is -2.23. The summed E-state index contributed by atoms with van der Waals surface area (Å²) >= 11 is 0. The zero-order valence-corrected chi connectivity index (χ0v) is 15.4. The number of amides is 1. The molecule has 5 heteroatoms. The molecule has 0 radical (unpaired) electrons. The first kappa shape index (κ1) is 19.5. The van der Waals surface area contributed by atoms with Crippen molar-refractivity contribution in [3.05, 3.63) is 71.8 Å². The fraction of sp³-hybridized carbons (Fsp3) is 0.333. The van der Waals surface area contributed by atoms with Crippen molar-refractivity contribution in [3.63, 3.8) is 0 Å². The van der Waals surface area contributed by atoms with E-state index in [0.717, 1.165) is 11.1 Å². The SMILES string of the molecule is CC(C)(C)OC(=O)[15NH][C@@H](Cc1ccccc1)C(=O)OCc1ccccc1. The molecule has 1 N–H and O–H groups in total. The Labute approximate surface area is 154 Å². The summed E-state index contributed by atoms with van der Waals surface area (Å²) in [5.41, 5.74) is 1.16. The topological polar surface area (TPSA) is 64.6 Å². The Balaban J connectivity index is 2.03. The molecule has 26 heavy (non-hydrogen) atoms. The second kappa shape index (κ2) is 9.04. The Bertz CT molecular complexity index is 708. The zero-order valence-electron chi connectivity index (χ0n) is 15.4. The smallest absolute Gasteiger partial charge is 0.408 e. The van der Waals surface area contributed by atoms with E-state index in [-0.39, 0.29) is 6.61 Å². The summed E-state index contributed by atoms with van der Waals surface area (Å²) < 4.78 is 10.6. The molecular formula is C21H25NO4. The molecule has 138 valence electrons. The minimum absolute atomic E-state index is 0.154. The molecule has 0 aromatic heterocycles. The average Bonchev–Trinajstić information content (AvgIpc) is 2.59. The fourth-order valence-corrected chi connectivity index (χ4v) is 2.32. The van der Waals surface area contributed by atoms with Crippen molar-refractivity contribution >= 4 is 12.1 Å². The molecule has 2 aromatic carbocycles. The summed E-state index contributed by atoms with van der Waals surface area (Å²) in [5.74, 6) is -0.497. The second-order valence-corrected chi connectivity index (χ2v) is 6.98. The number of rotatable bonds is 6. The first-order chi connectivity index (χ1) is 12.3. The molecule has 0 saturated heterocycles. The van der Waals surface area contributed by atoms with Crippen LogP contribution in [-0.2, 0) is 27.3 Å². The predicted molar refractivity (Wildman–Crippen MR) is 99.5 cm³/mol. The molecule has 0 fully saturated rings. The van der Waals surface area contributed by atoms with Crippen LogP contribution >= 0.6 is 0 Å². The van der Waals surface area contributed by atoms with Gasteiger partial charge in [0.15, 0.2) is 0 Å². The summed E-state index contributed by atoms with van der Waals surface area (Å²) in [6, 6.07) is 18.0. The summed E-state index contributed by atoms with van der Waals surface area (Å²) in [4.78, 5) is 24.6. The third-order valence-electron chi connectivity index (χ3n) is 3.48. The van der Waals surface area contributed by atoms with E-state index in [1.807, 2.05) is 60.7 Å². The van der Waals surface area contributed by atoms with Gasteiger partial charge in [-0.3, -0.25) is 0 Å². The van der Waals surface area contributed by atoms with Gasteiger partial charge in [-0.05, 0) is 31.9 Å². The molecule has 0 saturated carbocycles. The highest BCUT2D eigenvalue weighted by Gasteiger charge is 2.26. The van der Waals surface area contributed by atoms with Crippen LogP contribution in [0.1, 0.15) is 31.9 Å². The Morgan fingerprint density at radius 1 is 0.923 bits per heavy atom. The van der Waals surface area contributed by atoms with Gasteiger partial charge in [0.1, 0.15) is 18.2 Å². The van der Waals surface area contributed by atoms with Crippen molar-refractivity contribution in [3.8, 4) is 0 Å². The van der Waals surface area contributed by atoms with Gasteiger partial charge in [0.25, 0.3) is 0 Å². The molecule has 0 aliphatic heterocycles. The Kier molecular flexibility index (Phi) is 6.78. The number of alkyl carbamates (subject to hydrolysis) is 1. The lowest BCUT2D eigenvalue weighted by atomic mass is 10.1. The third-order valence-corrected chi connectivity index (χ3v) is 3.48. The van der Waals surface area contributed by atoms with Crippen molar-refractivity contribution in [1.82, 2.24) is 5.32 Å². The maximum absolute atomic E-state index is 12.5. The van der Waals surface area contributed by atoms with E-state index in [2.05, 4.69) is 5.32 Å². The highest BCUT2D eigenvalue weighted by atomic mass is 16.6. The summed E-state index contributed by atoms with van der Waals surface area (Å²) in [6.45, 7) is 5.46. The summed E-state index contributed by atoms with van der Waals surface area (Å²) in [6.07, 6.45) is -0.316. The monoisotopic (exact) mass is 356 g/mol. The standard InChI is InChI=1S/C21H25NO4/c1-21(2,3)26-20(24)22-18(14-16-10-6-4-7-11-16)19(23)25-15-17-12-8-5-9-13-17/h4-13,18H,14-15H2,1-3H3,(H,22,24)/t18-/m0/s1/i22+1. The van der Waals surface area contributed by atoms with Crippen molar-refractivity contribution in [2.45, 2.75) is 45.4 Å². The molecule has 1 amide bonds. The Morgan fingerprint density at radius 2 is 1.46 bits per heavy atom. The lowest BCUT2D eigenvalue weighted by Crippen LogP contribution is -2.45. The van der Waals surface area contributed by atoms with E-state index in [0.29, 0.717) is 6.42 Å². The first-order valence-corrected chi connectivity index (χ1v) is 8.57. The second-order valence-electron chi connectivity index (χ2n) is 6.98. The summed E-state index contributed by atoms with van der Waals surface area (Å²) in [7, 11) is 0. The van der Waals surface area contributed by atoms with E-state index in [9.17, 15) is 9.59 Å². The van der Waals surface area contributed by atoms with Crippen molar-refractivity contribution in [2.75, 3.05) is 0 Å². The van der Waals surface area contributed by atoms with Crippen molar-refractivity contribution < 1.29 is 19.1 Å². The number of hydrogen-bond donors (Lipinski definition) is 1. The van der Waals surface area contributed by atoms with Gasteiger partial charge in [-0.25, -0.2) is 9.59 Å². The van der Waals surface area contributed by atoms with Gasteiger partial charge in [0, 0.05) is 6.42 Å². The quantitative estimate of drug-likeness (QED) is 0.630. The highest BCUT2D eigenvalue weighted by molar-refractivity contribution is 5.81. The predicted octanol–water partition coefficient (Wildman–Crippen LogP) is 3.87. The van der Waals surface area contributed by atoms with Gasteiger partial charge in [-0.1, -0.05) is 60.7 Å². The molecule has 2 aromatic rings. The van der Waals surface area contributed by atoms with Crippen molar-refractivity contribution in [2.24, 2.45) is 0 Å². The minimum Gasteiger partial charge on any atom is -0.459 e. The van der Waals surface area contributed by atoms with E-state index in [1.54, 1.807) is 20.8 Å². The van der Waals surface area contributed by atoms with Crippen LogP contribution in [0.5, 0.6) is 0 Å². The lowest BCUT2D eigenvalue weighted by molar-refractivity contribution is -0.147. The van der Waals surface area contributed by atoms with Crippen LogP contribution in [0.3, 0.4) is 0 Å². The molecule has 1 atom stereocenters. The van der Waals surface area contributed by atoms with E-state index < -0.39 is 23.7 Å². The van der Waals surface area contributed by atoms with Gasteiger partial charge >= 0.3 is 12.1 Å². The molecule has 0 spiro atoms. The molecule has 5 nitrogen and oxygen atoms in total. The number of carbonyl (C=O) groups is 2. The van der Waals surface area contributed by atoms with E-state index in [4.69, 9.17) is 9.47 Å². The van der Waals surface area contributed by atoms with Gasteiger partial charge in [0.05, 0.1) is 0 Å². The number of hydrogen-bond acceptors (Lipinski definition) is 4. The molecule has 0 aliphatic rings. The van der Waals surface area contributed by atoms with Crippen molar-refractivity contribution in [1.29, 1.82) is 0 Å². The Hall–Kier alpha value is -2.82. The minimum atomic E-state index is -0.823. The van der Waals surface area contributed by atoms with Crippen LogP contribution in [0.25, 0.3) is 0 Å². The summed E-state index contributed by atoms with van der Waals surface area (Å²) in [5, 5.41) is 2.62. The number of benzene rings is 2. The molecule has 0 aliphatic carbocycles. The van der Waals surface area contributed by atoms with Crippen LogP contribution in [0, 0.1) is 0 Å². The first-order valence-electron chi connectivity index (χ1n) is 8.57. The third kappa shape index (κ3) is 6.97. The maximum atomic E-state index is 12.5. The number of ether oxygens (including phenoxy) is 2. The number of nitrogens with one attached hydrogen (secondary N) is 1. The largest absolute Gasteiger partial charge is 0.459 e. The average molecular weight is 356 g/mol. The molecular weight excluding hydrogens is 331 g/mol. The van der Waals surface area contributed by atoms with Crippen LogP contribution in [0.15, 0.2) is 60.7 Å². The molecule has 0 unspecified atom stereocenters. The van der Waals surface area contributed by atoms with Gasteiger partial charge < -0.3 is 14.8 Å². The Morgan fingerprint density at radius 3 is 2.00 bits per heavy atom. The van der Waals surface area contributed by atoms with Crippen LogP contribution in [0.2, 0.25) is 0 Å². The van der Waals surface area contributed by atoms with E-state index >= 15 is 0 Å².